The van der Waals surface area contributed by atoms with Crippen molar-refractivity contribution in [2.45, 2.75) is 44.7 Å². The fourth-order valence-electron chi connectivity index (χ4n) is 4.69. The highest BCUT2D eigenvalue weighted by Crippen LogP contribution is 2.35. The van der Waals surface area contributed by atoms with Crippen molar-refractivity contribution in [2.75, 3.05) is 26.8 Å². The number of benzene rings is 2. The number of rotatable bonds is 7. The van der Waals surface area contributed by atoms with Crippen LogP contribution >= 0.6 is 0 Å². The smallest absolute Gasteiger partial charge is 0.323 e. The van der Waals surface area contributed by atoms with Gasteiger partial charge in [-0.3, -0.25) is 14.5 Å². The van der Waals surface area contributed by atoms with Crippen molar-refractivity contribution in [3.8, 4) is 5.75 Å². The summed E-state index contributed by atoms with van der Waals surface area (Å²) in [6.07, 6.45) is 2.91. The van der Waals surface area contributed by atoms with Crippen molar-refractivity contribution >= 4 is 17.6 Å². The van der Waals surface area contributed by atoms with Gasteiger partial charge in [0, 0.05) is 12.0 Å². The minimum atomic E-state index is -0.450. The van der Waals surface area contributed by atoms with E-state index in [1.54, 1.807) is 26.2 Å². The van der Waals surface area contributed by atoms with Gasteiger partial charge in [0.2, 0.25) is 0 Å². The Labute approximate surface area is 199 Å². The molecule has 0 spiro atoms. The third kappa shape index (κ3) is 5.12. The molecule has 0 radical (unpaired) electrons. The Bertz CT molecular complexity index is 1070. The lowest BCUT2D eigenvalue weighted by molar-refractivity contribution is -0.152. The van der Waals surface area contributed by atoms with Crippen molar-refractivity contribution in [3.05, 3.63) is 65.5 Å². The van der Waals surface area contributed by atoms with Gasteiger partial charge < -0.3 is 9.47 Å². The number of hydrazone groups is 1. The molecular weight excluding hydrogens is 437 g/mol. The summed E-state index contributed by atoms with van der Waals surface area (Å²) in [7, 11) is 1.59. The third-order valence-electron chi connectivity index (χ3n) is 6.33. The quantitative estimate of drug-likeness (QED) is 0.577. The first-order valence-corrected chi connectivity index (χ1v) is 11.7. The van der Waals surface area contributed by atoms with Crippen LogP contribution in [0.1, 0.15) is 49.8 Å². The molecule has 1 fully saturated rings. The summed E-state index contributed by atoms with van der Waals surface area (Å²) in [6, 6.07) is 12.9. The topological polar surface area (TPSA) is 71.4 Å². The highest BCUT2D eigenvalue weighted by molar-refractivity contribution is 6.05. The lowest BCUT2D eigenvalue weighted by atomic mass is 9.97. The highest BCUT2D eigenvalue weighted by Gasteiger charge is 2.37. The molecule has 180 valence electrons. The number of ether oxygens (including phenoxy) is 2. The van der Waals surface area contributed by atoms with Crippen LogP contribution in [0.5, 0.6) is 5.75 Å². The van der Waals surface area contributed by atoms with Crippen molar-refractivity contribution in [3.63, 3.8) is 0 Å². The molecule has 8 heteroatoms. The molecule has 1 saturated heterocycles. The number of nitrogens with zero attached hydrogens (tertiary/aromatic N) is 3. The number of para-hydroxylation sites is 1. The van der Waals surface area contributed by atoms with E-state index in [2.05, 4.69) is 5.10 Å². The second-order valence-corrected chi connectivity index (χ2v) is 8.49. The Morgan fingerprint density at radius 2 is 1.97 bits per heavy atom. The normalized spacial score (nSPS) is 20.7. The second-order valence-electron chi connectivity index (χ2n) is 8.49. The molecule has 2 aliphatic rings. The summed E-state index contributed by atoms with van der Waals surface area (Å²) in [5.41, 5.74) is 2.16. The number of hydrogen-bond donors (Lipinski definition) is 0. The standard InChI is InChI=1S/C26H30FN3O4/c1-3-34-26(32)22-12-6-7-14-29(22)17-25(31)30-23(18-9-8-10-19(27)15-18)16-21(28-30)20-11-4-5-13-24(20)33-2/h4-5,8-11,13,15,22-23H,3,6-7,12,14,16-17H2,1-2H3/t22-,23-/m0/s1. The monoisotopic (exact) mass is 467 g/mol. The first kappa shape index (κ1) is 23.9. The number of amides is 1. The lowest BCUT2D eigenvalue weighted by Gasteiger charge is -2.34. The van der Waals surface area contributed by atoms with Gasteiger partial charge in [0.05, 0.1) is 32.0 Å². The van der Waals surface area contributed by atoms with E-state index in [1.165, 1.54) is 17.1 Å². The third-order valence-corrected chi connectivity index (χ3v) is 6.33. The minimum absolute atomic E-state index is 0.0397. The fraction of sp³-hybridized carbons (Fsp3) is 0.423. The molecule has 4 rings (SSSR count). The number of carbonyl (C=O) groups excluding carboxylic acids is 2. The average molecular weight is 468 g/mol. The summed E-state index contributed by atoms with van der Waals surface area (Å²) >= 11 is 0. The number of hydrogen-bond acceptors (Lipinski definition) is 6. The molecule has 34 heavy (non-hydrogen) atoms. The van der Waals surface area contributed by atoms with Crippen LogP contribution in [-0.2, 0) is 14.3 Å². The van der Waals surface area contributed by atoms with Crippen LogP contribution in [0.4, 0.5) is 4.39 Å². The molecule has 2 atom stereocenters. The van der Waals surface area contributed by atoms with E-state index < -0.39 is 12.1 Å². The molecule has 0 aromatic heterocycles. The lowest BCUT2D eigenvalue weighted by Crippen LogP contribution is -2.49. The zero-order chi connectivity index (χ0) is 24.1. The largest absolute Gasteiger partial charge is 0.496 e. The Balaban J connectivity index is 1.63. The van der Waals surface area contributed by atoms with E-state index >= 15 is 0 Å². The molecule has 7 nitrogen and oxygen atoms in total. The Morgan fingerprint density at radius 3 is 2.74 bits per heavy atom. The van der Waals surface area contributed by atoms with E-state index in [0.29, 0.717) is 43.0 Å². The van der Waals surface area contributed by atoms with Gasteiger partial charge in [-0.15, -0.1) is 0 Å². The molecule has 1 amide bonds. The first-order valence-electron chi connectivity index (χ1n) is 11.7. The van der Waals surface area contributed by atoms with Gasteiger partial charge in [-0.1, -0.05) is 30.7 Å². The summed E-state index contributed by atoms with van der Waals surface area (Å²) in [4.78, 5) is 27.9. The van der Waals surface area contributed by atoms with Crippen LogP contribution in [0.25, 0.3) is 0 Å². The van der Waals surface area contributed by atoms with Gasteiger partial charge in [-0.05, 0) is 56.1 Å². The maximum Gasteiger partial charge on any atom is 0.323 e. The molecule has 0 unspecified atom stereocenters. The summed E-state index contributed by atoms with van der Waals surface area (Å²) in [5.74, 6) is -0.243. The zero-order valence-corrected chi connectivity index (χ0v) is 19.6. The van der Waals surface area contributed by atoms with E-state index in [0.717, 1.165) is 18.4 Å². The van der Waals surface area contributed by atoms with Gasteiger partial charge in [0.15, 0.2) is 0 Å². The number of carbonyl (C=O) groups is 2. The molecule has 2 aromatic carbocycles. The van der Waals surface area contributed by atoms with Crippen LogP contribution in [0.15, 0.2) is 53.6 Å². The Hall–Kier alpha value is -3.26. The van der Waals surface area contributed by atoms with Gasteiger partial charge in [0.25, 0.3) is 5.91 Å². The van der Waals surface area contributed by atoms with Crippen LogP contribution in [-0.4, -0.2) is 60.3 Å². The molecular formula is C26H30FN3O4. The van der Waals surface area contributed by atoms with Gasteiger partial charge >= 0.3 is 5.97 Å². The maximum absolute atomic E-state index is 14.1. The van der Waals surface area contributed by atoms with Crippen LogP contribution in [0.3, 0.4) is 0 Å². The Kier molecular flexibility index (Phi) is 7.57. The van der Waals surface area contributed by atoms with Crippen LogP contribution in [0, 0.1) is 5.82 Å². The predicted octanol–water partition coefficient (Wildman–Crippen LogP) is 3.93. The van der Waals surface area contributed by atoms with Crippen LogP contribution < -0.4 is 4.74 Å². The highest BCUT2D eigenvalue weighted by atomic mass is 19.1. The van der Waals surface area contributed by atoms with E-state index in [4.69, 9.17) is 9.47 Å². The van der Waals surface area contributed by atoms with Crippen molar-refractivity contribution < 1.29 is 23.5 Å². The Morgan fingerprint density at radius 1 is 1.15 bits per heavy atom. The van der Waals surface area contributed by atoms with Crippen molar-refractivity contribution in [1.29, 1.82) is 0 Å². The van der Waals surface area contributed by atoms with Crippen molar-refractivity contribution in [2.24, 2.45) is 5.10 Å². The second kappa shape index (κ2) is 10.8. The summed E-state index contributed by atoms with van der Waals surface area (Å²) < 4.78 is 24.8. The molecule has 0 aliphatic carbocycles. The van der Waals surface area contributed by atoms with Gasteiger partial charge in [0.1, 0.15) is 17.6 Å². The minimum Gasteiger partial charge on any atom is -0.496 e. The van der Waals surface area contributed by atoms with E-state index in [-0.39, 0.29) is 24.2 Å². The number of likely N-dealkylation sites (tertiary alicyclic amines) is 1. The average Bonchev–Trinajstić information content (AvgIpc) is 3.30. The zero-order valence-electron chi connectivity index (χ0n) is 19.6. The van der Waals surface area contributed by atoms with E-state index in [9.17, 15) is 14.0 Å². The maximum atomic E-state index is 14.1. The molecule has 2 aromatic rings. The SMILES string of the molecule is CCOC(=O)[C@@H]1CCCCN1CC(=O)N1N=C(c2ccccc2OC)C[C@H]1c1cccc(F)c1. The summed E-state index contributed by atoms with van der Waals surface area (Å²) in [6.45, 7) is 2.75. The number of esters is 1. The van der Waals surface area contributed by atoms with E-state index in [1.807, 2.05) is 29.2 Å². The van der Waals surface area contributed by atoms with Crippen LogP contribution in [0.2, 0.25) is 0 Å². The molecule has 2 aliphatic heterocycles. The number of halogens is 1. The molecule has 0 N–H and O–H groups in total. The summed E-state index contributed by atoms with van der Waals surface area (Å²) in [5, 5.41) is 6.12. The van der Waals surface area contributed by atoms with Crippen molar-refractivity contribution in [1.82, 2.24) is 9.91 Å². The molecule has 0 saturated carbocycles. The molecule has 0 bridgehead atoms. The van der Waals surface area contributed by atoms with Gasteiger partial charge in [-0.2, -0.15) is 5.10 Å². The molecule has 2 heterocycles. The number of methoxy groups -OCH3 is 1. The first-order chi connectivity index (χ1) is 16.5. The predicted molar refractivity (Wildman–Crippen MR) is 126 cm³/mol. The fourth-order valence-corrected chi connectivity index (χ4v) is 4.69. The number of piperidine rings is 1. The van der Waals surface area contributed by atoms with Gasteiger partial charge in [-0.25, -0.2) is 9.40 Å².